The second-order valence-electron chi connectivity index (χ2n) is 22.7. The molecule has 0 saturated carbocycles. The predicted molar refractivity (Wildman–Crippen MR) is 380 cm³/mol. The van der Waals surface area contributed by atoms with Crippen LogP contribution in [0.4, 0.5) is 0 Å². The summed E-state index contributed by atoms with van der Waals surface area (Å²) >= 11 is 0. The molecule has 100 heavy (non-hydrogen) atoms. The van der Waals surface area contributed by atoms with Crippen molar-refractivity contribution in [1.29, 1.82) is 0 Å². The number of aromatic hydroxyl groups is 12. The molecule has 0 radical (unpaired) electrons. The zero-order chi connectivity index (χ0) is 72.8. The van der Waals surface area contributed by atoms with Gasteiger partial charge in [0.15, 0.2) is 57.5 Å². The molecule has 0 aliphatic rings. The maximum absolute atomic E-state index is 9.96. The van der Waals surface area contributed by atoms with Crippen molar-refractivity contribution < 1.29 is 104 Å². The van der Waals surface area contributed by atoms with Crippen molar-refractivity contribution in [3.05, 3.63) is 232 Å². The van der Waals surface area contributed by atoms with E-state index in [0.29, 0.717) is 83.8 Å². The smallest absolute Gasteiger partial charge is 0.203 e. The average molecular weight is 1370 g/mol. The van der Waals surface area contributed by atoms with Crippen molar-refractivity contribution in [2.75, 3.05) is 64.0 Å². The molecule has 0 aromatic heterocycles. The Labute approximate surface area is 581 Å². The average Bonchev–Trinajstić information content (AvgIpc) is 0.848. The Morgan fingerprint density at radius 2 is 0.470 bits per heavy atom. The molecule has 21 nitrogen and oxygen atoms in total. The molecule has 0 unspecified atom stereocenters. The number of aryl methyl sites for hydroxylation is 10. The predicted octanol–water partition coefficient (Wildman–Crippen LogP) is 13.9. The maximum Gasteiger partial charge on any atom is 0.203 e. The molecular formula is C79H88O21. The first kappa shape index (κ1) is 77.0. The van der Waals surface area contributed by atoms with Gasteiger partial charge in [0.05, 0.1) is 64.0 Å². The lowest BCUT2D eigenvalue weighted by atomic mass is 10.0. The van der Waals surface area contributed by atoms with E-state index in [4.69, 9.17) is 42.6 Å². The molecule has 0 heterocycles. The Morgan fingerprint density at radius 1 is 0.200 bits per heavy atom. The number of ether oxygens (including phenoxy) is 9. The summed E-state index contributed by atoms with van der Waals surface area (Å²) < 4.78 is 46.2. The number of phenols is 12. The number of benzene rings is 10. The van der Waals surface area contributed by atoms with E-state index in [1.807, 2.05) is 48.5 Å². The number of hydrogen-bond donors (Lipinski definition) is 12. The van der Waals surface area contributed by atoms with Crippen LogP contribution in [0.2, 0.25) is 0 Å². The fourth-order valence-corrected chi connectivity index (χ4v) is 10.5. The number of hydrogen-bond acceptors (Lipinski definition) is 21. The molecule has 12 N–H and O–H groups in total. The van der Waals surface area contributed by atoms with Crippen molar-refractivity contribution in [2.45, 2.75) is 64.2 Å². The summed E-state index contributed by atoms with van der Waals surface area (Å²) in [4.78, 5) is 0. The van der Waals surface area contributed by atoms with Gasteiger partial charge in [-0.15, -0.1) is 0 Å². The molecule has 0 aliphatic heterocycles. The molecule has 0 saturated heterocycles. The summed E-state index contributed by atoms with van der Waals surface area (Å²) in [6, 6.07) is 49.5. The summed E-state index contributed by atoms with van der Waals surface area (Å²) in [6.07, 6.45) is 7.22. The van der Waals surface area contributed by atoms with Gasteiger partial charge in [0.25, 0.3) is 0 Å². The Kier molecular flexibility index (Phi) is 29.8. The van der Waals surface area contributed by atoms with E-state index in [2.05, 4.69) is 0 Å². The van der Waals surface area contributed by atoms with Gasteiger partial charge in [-0.1, -0.05) is 36.4 Å². The summed E-state index contributed by atoms with van der Waals surface area (Å²) in [7, 11) is 13.6. The lowest BCUT2D eigenvalue weighted by Gasteiger charge is -2.12. The highest BCUT2D eigenvalue weighted by Crippen LogP contribution is 2.41. The van der Waals surface area contributed by atoms with Gasteiger partial charge >= 0.3 is 0 Å². The van der Waals surface area contributed by atoms with Gasteiger partial charge in [-0.05, 0) is 241 Å². The number of methoxy groups -OCH3 is 9. The molecule has 10 rings (SSSR count). The largest absolute Gasteiger partial charge is 0.508 e. The Bertz CT molecular complexity index is 4180. The zero-order valence-corrected chi connectivity index (χ0v) is 57.4. The monoisotopic (exact) mass is 1370 g/mol. The molecule has 10 aromatic carbocycles. The highest BCUT2D eigenvalue weighted by atomic mass is 16.5. The van der Waals surface area contributed by atoms with Crippen molar-refractivity contribution in [3.63, 3.8) is 0 Å². The van der Waals surface area contributed by atoms with Crippen LogP contribution in [-0.4, -0.2) is 125 Å². The normalized spacial score (nSPS) is 10.3. The minimum absolute atomic E-state index is 0.00669. The molecule has 0 fully saturated rings. The third kappa shape index (κ3) is 24.0. The van der Waals surface area contributed by atoms with Crippen LogP contribution >= 0.6 is 0 Å². The minimum Gasteiger partial charge on any atom is -0.508 e. The SMILES string of the molecule is COc1cc(CCc2cc(O)c(OC)c(OC)c2)ccc1O.COc1cc(CCc2cc(O)cc(O)c2)ccc1O.COc1cc(CCc2cccc(O)c2)cc(O)c1OC.COc1cc(O)cc(CCc2cc(OC)c(O)c(OC)c2)c1.Oc1cccc(CCc2cc(O)cc(O)c2)c1. The topological polar surface area (TPSA) is 326 Å². The molecule has 21 heteroatoms. The van der Waals surface area contributed by atoms with Crippen molar-refractivity contribution >= 4 is 0 Å². The lowest BCUT2D eigenvalue weighted by Crippen LogP contribution is -1.96. The van der Waals surface area contributed by atoms with E-state index in [0.717, 1.165) is 87.7 Å². The number of rotatable bonds is 24. The van der Waals surface area contributed by atoms with Gasteiger partial charge in [-0.2, -0.15) is 0 Å². The van der Waals surface area contributed by atoms with Crippen LogP contribution in [0.3, 0.4) is 0 Å². The highest BCUT2D eigenvalue weighted by molar-refractivity contribution is 5.56. The first-order valence-electron chi connectivity index (χ1n) is 31.5. The summed E-state index contributed by atoms with van der Waals surface area (Å²) in [5, 5.41) is 115. The Hall–Kier alpha value is -12.0. The molecule has 0 aliphatic carbocycles. The van der Waals surface area contributed by atoms with E-state index < -0.39 is 0 Å². The lowest BCUT2D eigenvalue weighted by molar-refractivity contribution is 0.332. The number of phenolic OH excluding ortho intramolecular Hbond substituents is 12. The third-order valence-corrected chi connectivity index (χ3v) is 15.5. The van der Waals surface area contributed by atoms with Crippen LogP contribution in [0, 0.1) is 0 Å². The first-order chi connectivity index (χ1) is 48.0. The van der Waals surface area contributed by atoms with E-state index in [-0.39, 0.29) is 69.0 Å². The van der Waals surface area contributed by atoms with Crippen LogP contribution in [-0.2, 0) is 64.2 Å². The van der Waals surface area contributed by atoms with Gasteiger partial charge in [-0.25, -0.2) is 0 Å². The molecule has 0 amide bonds. The molecule has 530 valence electrons. The second kappa shape index (κ2) is 38.7. The van der Waals surface area contributed by atoms with E-state index in [1.54, 1.807) is 122 Å². The van der Waals surface area contributed by atoms with Crippen LogP contribution in [0.25, 0.3) is 0 Å². The minimum atomic E-state index is -0.00669. The first-order valence-corrected chi connectivity index (χ1v) is 31.5. The Morgan fingerprint density at radius 3 is 0.790 bits per heavy atom. The van der Waals surface area contributed by atoms with Crippen molar-refractivity contribution in [2.24, 2.45) is 0 Å². The van der Waals surface area contributed by atoms with Crippen LogP contribution < -0.4 is 42.6 Å². The molecule has 0 atom stereocenters. The van der Waals surface area contributed by atoms with Gasteiger partial charge in [0.1, 0.15) is 46.0 Å². The summed E-state index contributed by atoms with van der Waals surface area (Å²) in [5.74, 6) is 5.23. The van der Waals surface area contributed by atoms with Gasteiger partial charge in [0.2, 0.25) is 17.2 Å². The van der Waals surface area contributed by atoms with E-state index >= 15 is 0 Å². The van der Waals surface area contributed by atoms with Crippen LogP contribution in [0.5, 0.6) is 121 Å². The standard InChI is InChI=1S/2C17H20O5.C16H18O4.C15H16O4.C14H14O3/c1-20-14-7-11(6-13(18)10-14)4-5-12-8-15(21-2)17(19)16(9-12)22-3;1-20-15-9-11(6-7-13(15)18)4-5-12-8-14(19)17(22-3)16(10-12)21-2;1-19-15-10-12(9-14(18)16(15)20-2)7-6-11-4-3-5-13(17)8-11;1-19-15-8-10(4-5-14(15)18)2-3-11-6-12(16)9-13(17)7-11;15-12-3-1-2-10(6-12)4-5-11-7-13(16)9-14(17)8-11/h2*6-10,18-19H,4-5H2,1-3H3;3-5,8-10,17-18H,6-7H2,1-2H3;4-9,16-18H,2-3H2,1H3;1-3,6-9,15-17H,4-5H2. The third-order valence-electron chi connectivity index (χ3n) is 15.5. The van der Waals surface area contributed by atoms with Crippen LogP contribution in [0.15, 0.2) is 176 Å². The summed E-state index contributed by atoms with van der Waals surface area (Å²) in [6.45, 7) is 0. The highest BCUT2D eigenvalue weighted by Gasteiger charge is 2.16. The molecular weight excluding hydrogens is 1280 g/mol. The fraction of sp³-hybridized carbons (Fsp3) is 0.241. The van der Waals surface area contributed by atoms with E-state index in [9.17, 15) is 61.3 Å². The Balaban J connectivity index is 0.000000197. The second-order valence-corrected chi connectivity index (χ2v) is 22.7. The molecule has 0 spiro atoms. The van der Waals surface area contributed by atoms with Gasteiger partial charge < -0.3 is 104 Å². The zero-order valence-electron chi connectivity index (χ0n) is 57.4. The van der Waals surface area contributed by atoms with E-state index in [1.165, 1.54) is 69.0 Å². The quantitative estimate of drug-likeness (QED) is 0.0267. The maximum atomic E-state index is 9.96. The van der Waals surface area contributed by atoms with Gasteiger partial charge in [-0.3, -0.25) is 0 Å². The van der Waals surface area contributed by atoms with Crippen LogP contribution in [0.1, 0.15) is 55.6 Å². The molecule has 0 bridgehead atoms. The fourth-order valence-electron chi connectivity index (χ4n) is 10.5. The van der Waals surface area contributed by atoms with Crippen molar-refractivity contribution in [3.8, 4) is 121 Å². The van der Waals surface area contributed by atoms with Crippen molar-refractivity contribution in [1.82, 2.24) is 0 Å². The van der Waals surface area contributed by atoms with Gasteiger partial charge in [0, 0.05) is 18.2 Å². The summed E-state index contributed by atoms with van der Waals surface area (Å²) in [5.41, 5.74) is 9.63. The molecule has 10 aromatic rings.